The summed E-state index contributed by atoms with van der Waals surface area (Å²) < 4.78 is 0. The Labute approximate surface area is 146 Å². The van der Waals surface area contributed by atoms with Crippen LogP contribution in [0.25, 0.3) is 10.6 Å². The number of carbonyl (C=O) groups is 1. The molecule has 0 spiro atoms. The van der Waals surface area contributed by atoms with Gasteiger partial charge in [-0.2, -0.15) is 5.10 Å². The van der Waals surface area contributed by atoms with Gasteiger partial charge in [-0.05, 0) is 30.5 Å². The zero-order chi connectivity index (χ0) is 15.8. The molecule has 0 atom stereocenters. The third kappa shape index (κ3) is 2.76. The Balaban J connectivity index is 0.00000169. The Morgan fingerprint density at radius 1 is 1.25 bits per heavy atom. The molecule has 0 saturated heterocycles. The summed E-state index contributed by atoms with van der Waals surface area (Å²) in [4.78, 5) is 17.1. The summed E-state index contributed by atoms with van der Waals surface area (Å²) in [5.74, 6) is 0.148. The number of benzene rings is 1. The number of hydrogen-bond acceptors (Lipinski definition) is 3. The second-order valence-electron chi connectivity index (χ2n) is 5.77. The molecule has 2 aromatic heterocycles. The Hall–Kier alpha value is -2.40. The largest absolute Gasteiger partial charge is 0.334 e. The van der Waals surface area contributed by atoms with Crippen LogP contribution in [0.2, 0.25) is 0 Å². The molecular weight excluding hydrogens is 318 g/mol. The molecule has 3 heterocycles. The number of thiophene rings is 1. The van der Waals surface area contributed by atoms with E-state index in [9.17, 15) is 4.79 Å². The number of fused-ring (bicyclic) bond motifs is 1. The van der Waals surface area contributed by atoms with E-state index in [1.165, 1.54) is 11.1 Å². The van der Waals surface area contributed by atoms with Gasteiger partial charge in [-0.15, -0.1) is 11.3 Å². The molecule has 1 amide bonds. The van der Waals surface area contributed by atoms with Gasteiger partial charge in [0.2, 0.25) is 0 Å². The highest BCUT2D eigenvalue weighted by atomic mass is 32.1. The van der Waals surface area contributed by atoms with E-state index in [0.717, 1.165) is 34.0 Å². The summed E-state index contributed by atoms with van der Waals surface area (Å²) in [5.41, 5.74) is 4.24. The fraction of sp³-hybridized carbons (Fsp3) is 0.263. The number of aryl methyl sites for hydroxylation is 1. The molecule has 124 valence electrons. The molecule has 4 nitrogen and oxygen atoms in total. The fourth-order valence-corrected chi connectivity index (χ4v) is 4.34. The van der Waals surface area contributed by atoms with Gasteiger partial charge in [0.15, 0.2) is 0 Å². The van der Waals surface area contributed by atoms with Gasteiger partial charge in [0.05, 0.1) is 16.1 Å². The minimum Gasteiger partial charge on any atom is -0.334 e. The van der Waals surface area contributed by atoms with Crippen LogP contribution in [0, 0.1) is 6.92 Å². The van der Waals surface area contributed by atoms with Crippen molar-refractivity contribution in [1.29, 1.82) is 0 Å². The standard InChI is InChI=1S/C18H17N3OS.CH4/c1-12-16-14(17(23-12)15-7-9-19-20-15)8-10-21(18(16)22)11-13-5-3-2-4-6-13;/h2-7,9H,8,10-11H2,1H3,(H,19,20);1H4. The second kappa shape index (κ2) is 6.61. The third-order valence-corrected chi connectivity index (χ3v) is 5.46. The van der Waals surface area contributed by atoms with Gasteiger partial charge < -0.3 is 4.90 Å². The molecule has 1 aromatic carbocycles. The van der Waals surface area contributed by atoms with E-state index < -0.39 is 0 Å². The minimum atomic E-state index is 0. The number of amides is 1. The third-order valence-electron chi connectivity index (χ3n) is 4.28. The monoisotopic (exact) mass is 339 g/mol. The van der Waals surface area contributed by atoms with Crippen LogP contribution in [0.4, 0.5) is 0 Å². The molecule has 5 heteroatoms. The SMILES string of the molecule is C.Cc1sc(-c2ccn[nH]2)c2c1C(=O)N(Cc1ccccc1)CC2. The quantitative estimate of drug-likeness (QED) is 0.774. The summed E-state index contributed by atoms with van der Waals surface area (Å²) in [7, 11) is 0. The molecule has 3 aromatic rings. The average molecular weight is 339 g/mol. The topological polar surface area (TPSA) is 49.0 Å². The zero-order valence-corrected chi connectivity index (χ0v) is 13.7. The van der Waals surface area contributed by atoms with Gasteiger partial charge >= 0.3 is 0 Å². The number of hydrogen-bond donors (Lipinski definition) is 1. The maximum Gasteiger partial charge on any atom is 0.255 e. The first kappa shape index (κ1) is 16.5. The predicted molar refractivity (Wildman–Crippen MR) is 98.3 cm³/mol. The van der Waals surface area contributed by atoms with Crippen molar-refractivity contribution in [3.05, 3.63) is 64.2 Å². The van der Waals surface area contributed by atoms with Crippen LogP contribution >= 0.6 is 11.3 Å². The van der Waals surface area contributed by atoms with Gasteiger partial charge in [0.25, 0.3) is 5.91 Å². The van der Waals surface area contributed by atoms with Crippen LogP contribution in [-0.2, 0) is 13.0 Å². The van der Waals surface area contributed by atoms with Crippen molar-refractivity contribution in [3.63, 3.8) is 0 Å². The normalized spacial score (nSPS) is 13.5. The van der Waals surface area contributed by atoms with Gasteiger partial charge in [0, 0.05) is 24.2 Å². The minimum absolute atomic E-state index is 0. The van der Waals surface area contributed by atoms with Crippen molar-refractivity contribution < 1.29 is 4.79 Å². The van der Waals surface area contributed by atoms with Crippen molar-refractivity contribution in [2.24, 2.45) is 0 Å². The van der Waals surface area contributed by atoms with Crippen molar-refractivity contribution in [2.75, 3.05) is 6.54 Å². The molecule has 0 fully saturated rings. The van der Waals surface area contributed by atoms with Crippen molar-refractivity contribution in [1.82, 2.24) is 15.1 Å². The molecule has 0 bridgehead atoms. The smallest absolute Gasteiger partial charge is 0.255 e. The van der Waals surface area contributed by atoms with E-state index in [4.69, 9.17) is 0 Å². The molecule has 0 unspecified atom stereocenters. The fourth-order valence-electron chi connectivity index (χ4n) is 3.17. The number of nitrogens with zero attached hydrogens (tertiary/aromatic N) is 2. The number of aromatic nitrogens is 2. The lowest BCUT2D eigenvalue weighted by Gasteiger charge is -2.28. The molecule has 0 radical (unpaired) electrons. The molecule has 0 aliphatic carbocycles. The number of H-pyrrole nitrogens is 1. The van der Waals surface area contributed by atoms with Crippen LogP contribution in [0.5, 0.6) is 0 Å². The Bertz CT molecular complexity index is 837. The molecule has 1 aliphatic heterocycles. The van der Waals surface area contributed by atoms with Crippen LogP contribution in [-0.4, -0.2) is 27.5 Å². The molecule has 1 aliphatic rings. The lowest BCUT2D eigenvalue weighted by Crippen LogP contribution is -2.37. The highest BCUT2D eigenvalue weighted by Gasteiger charge is 2.30. The molecule has 1 N–H and O–H groups in total. The van der Waals surface area contributed by atoms with E-state index in [1.807, 2.05) is 36.1 Å². The first-order valence-electron chi connectivity index (χ1n) is 7.69. The summed E-state index contributed by atoms with van der Waals surface area (Å²) in [6, 6.07) is 12.1. The maximum atomic E-state index is 12.9. The number of aromatic amines is 1. The van der Waals surface area contributed by atoms with Gasteiger partial charge in [-0.1, -0.05) is 37.8 Å². The van der Waals surface area contributed by atoms with Crippen LogP contribution in [0.1, 0.15) is 33.8 Å². The molecule has 4 rings (SSSR count). The maximum absolute atomic E-state index is 12.9. The number of rotatable bonds is 3. The van der Waals surface area contributed by atoms with E-state index in [1.54, 1.807) is 17.5 Å². The average Bonchev–Trinajstić information content (AvgIpc) is 3.19. The van der Waals surface area contributed by atoms with Crippen LogP contribution in [0.3, 0.4) is 0 Å². The lowest BCUT2D eigenvalue weighted by molar-refractivity contribution is 0.0727. The van der Waals surface area contributed by atoms with E-state index >= 15 is 0 Å². The Kier molecular flexibility index (Phi) is 4.53. The van der Waals surface area contributed by atoms with Gasteiger partial charge in [-0.25, -0.2) is 0 Å². The highest BCUT2D eigenvalue weighted by molar-refractivity contribution is 7.16. The Morgan fingerprint density at radius 2 is 2.04 bits per heavy atom. The summed E-state index contributed by atoms with van der Waals surface area (Å²) in [5, 5.41) is 7.05. The summed E-state index contributed by atoms with van der Waals surface area (Å²) in [6.45, 7) is 3.47. The van der Waals surface area contributed by atoms with Crippen molar-refractivity contribution >= 4 is 17.2 Å². The molecule has 24 heavy (non-hydrogen) atoms. The van der Waals surface area contributed by atoms with Crippen molar-refractivity contribution in [3.8, 4) is 10.6 Å². The van der Waals surface area contributed by atoms with E-state index in [-0.39, 0.29) is 13.3 Å². The summed E-state index contributed by atoms with van der Waals surface area (Å²) in [6.07, 6.45) is 2.65. The molecular formula is C19H21N3OS. The highest BCUT2D eigenvalue weighted by Crippen LogP contribution is 2.38. The Morgan fingerprint density at radius 3 is 2.75 bits per heavy atom. The van der Waals surface area contributed by atoms with Crippen LogP contribution < -0.4 is 0 Å². The first-order valence-corrected chi connectivity index (χ1v) is 8.51. The predicted octanol–water partition coefficient (Wildman–Crippen LogP) is 4.28. The number of carbonyl (C=O) groups excluding carboxylic acids is 1. The lowest BCUT2D eigenvalue weighted by atomic mass is 9.98. The van der Waals surface area contributed by atoms with Crippen molar-refractivity contribution in [2.45, 2.75) is 27.3 Å². The van der Waals surface area contributed by atoms with Gasteiger partial charge in [-0.3, -0.25) is 9.89 Å². The van der Waals surface area contributed by atoms with Gasteiger partial charge in [0.1, 0.15) is 0 Å². The first-order chi connectivity index (χ1) is 11.2. The van der Waals surface area contributed by atoms with Crippen LogP contribution in [0.15, 0.2) is 42.6 Å². The number of nitrogens with one attached hydrogen (secondary N) is 1. The van der Waals surface area contributed by atoms with E-state index in [0.29, 0.717) is 6.54 Å². The molecule has 0 saturated carbocycles. The van der Waals surface area contributed by atoms with E-state index in [2.05, 4.69) is 22.3 Å². The second-order valence-corrected chi connectivity index (χ2v) is 7.00. The zero-order valence-electron chi connectivity index (χ0n) is 12.9. The summed E-state index contributed by atoms with van der Waals surface area (Å²) >= 11 is 1.68.